The van der Waals surface area contributed by atoms with Gasteiger partial charge in [0.25, 0.3) is 0 Å². The summed E-state index contributed by atoms with van der Waals surface area (Å²) < 4.78 is 0. The van der Waals surface area contributed by atoms with Crippen molar-refractivity contribution in [3.8, 4) is 0 Å². The maximum atomic E-state index is 11.3. The largest absolute Gasteiger partial charge is 0.481 e. The fourth-order valence-electron chi connectivity index (χ4n) is 2.99. The molecule has 0 radical (unpaired) electrons. The molecule has 0 atom stereocenters. The van der Waals surface area contributed by atoms with Crippen LogP contribution in [0, 0.1) is 5.41 Å². The summed E-state index contributed by atoms with van der Waals surface area (Å²) in [5.74, 6) is -8.92. The Morgan fingerprint density at radius 1 is 0.577 bits per heavy atom. The molecule has 0 amide bonds. The van der Waals surface area contributed by atoms with Crippen molar-refractivity contribution in [3.63, 3.8) is 0 Å². The average Bonchev–Trinajstić information content (AvgIpc) is 2.32. The van der Waals surface area contributed by atoms with Crippen LogP contribution in [-0.4, -0.2) is 71.7 Å². The highest BCUT2D eigenvalue weighted by molar-refractivity contribution is 5.78. The summed E-state index contributed by atoms with van der Waals surface area (Å²) >= 11 is 0. The van der Waals surface area contributed by atoms with E-state index in [9.17, 15) is 29.1 Å². The van der Waals surface area contributed by atoms with Crippen LogP contribution in [0.3, 0.4) is 0 Å². The second-order valence-corrected chi connectivity index (χ2v) is 6.01. The van der Waals surface area contributed by atoms with Crippen LogP contribution in [0.5, 0.6) is 0 Å². The Balaban J connectivity index is 6.82. The van der Waals surface area contributed by atoms with E-state index in [1.54, 1.807) is 0 Å². The number of nitrogens with two attached hydrogens (primary N) is 2. The van der Waals surface area contributed by atoms with Crippen molar-refractivity contribution in [2.24, 2.45) is 16.9 Å². The number of aliphatic carboxylic acids is 5. The van der Waals surface area contributed by atoms with Crippen LogP contribution in [0.1, 0.15) is 32.1 Å². The normalized spacial score (nSPS) is 12.4. The predicted octanol–water partition coefficient (Wildman–Crippen LogP) is -2.31. The smallest absolute Gasteiger partial charge is 0.306 e. The van der Waals surface area contributed by atoms with Crippen molar-refractivity contribution in [1.29, 1.82) is 0 Å². The Bertz CT molecular complexity index is 581. The molecule has 0 heterocycles. The number of carboxylic acids is 5. The maximum Gasteiger partial charge on any atom is 0.306 e. The SMILES string of the molecule is NC(N)(CC(=O)O)C(CC(=O)O)(CC(=O)O)C(O)(CC(=O)O)CC(=O)O. The molecule has 0 bridgehead atoms. The zero-order valence-corrected chi connectivity index (χ0v) is 13.4. The number of carbonyl (C=O) groups is 5. The molecule has 0 aromatic heterocycles. The molecule has 0 spiro atoms. The lowest BCUT2D eigenvalue weighted by atomic mass is 9.57. The first-order chi connectivity index (χ1) is 11.6. The molecular weight excluding hydrogens is 360 g/mol. The van der Waals surface area contributed by atoms with Crippen LogP contribution in [0.4, 0.5) is 0 Å². The average molecular weight is 380 g/mol. The third kappa shape index (κ3) is 5.37. The lowest BCUT2D eigenvalue weighted by Crippen LogP contribution is -2.73. The molecule has 26 heavy (non-hydrogen) atoms. The third-order valence-electron chi connectivity index (χ3n) is 4.02. The van der Waals surface area contributed by atoms with Crippen LogP contribution >= 0.6 is 0 Å². The van der Waals surface area contributed by atoms with Gasteiger partial charge in [0.1, 0.15) is 0 Å². The van der Waals surface area contributed by atoms with E-state index >= 15 is 0 Å². The molecule has 0 aliphatic carbocycles. The molecule has 13 nitrogen and oxygen atoms in total. The Kier molecular flexibility index (Phi) is 7.21. The van der Waals surface area contributed by atoms with Gasteiger partial charge in [-0.05, 0) is 0 Å². The zero-order chi connectivity index (χ0) is 20.9. The second kappa shape index (κ2) is 8.07. The summed E-state index contributed by atoms with van der Waals surface area (Å²) in [7, 11) is 0. The number of aliphatic hydroxyl groups is 1. The van der Waals surface area contributed by atoms with Crippen LogP contribution < -0.4 is 11.5 Å². The first kappa shape index (κ1) is 23.2. The van der Waals surface area contributed by atoms with Gasteiger partial charge in [0.05, 0.1) is 48.8 Å². The van der Waals surface area contributed by atoms with Gasteiger partial charge in [-0.15, -0.1) is 0 Å². The summed E-state index contributed by atoms with van der Waals surface area (Å²) in [4.78, 5) is 55.9. The first-order valence-electron chi connectivity index (χ1n) is 6.98. The van der Waals surface area contributed by atoms with Crippen molar-refractivity contribution in [2.75, 3.05) is 0 Å². The molecule has 13 heteroatoms. The zero-order valence-electron chi connectivity index (χ0n) is 13.4. The van der Waals surface area contributed by atoms with E-state index in [0.29, 0.717) is 0 Å². The summed E-state index contributed by atoms with van der Waals surface area (Å²) in [5.41, 5.74) is 2.61. The molecule has 0 aromatic carbocycles. The van der Waals surface area contributed by atoms with Crippen molar-refractivity contribution in [3.05, 3.63) is 0 Å². The van der Waals surface area contributed by atoms with Gasteiger partial charge in [-0.2, -0.15) is 0 Å². The van der Waals surface area contributed by atoms with Gasteiger partial charge in [-0.3, -0.25) is 24.0 Å². The third-order valence-corrected chi connectivity index (χ3v) is 4.02. The Hall–Kier alpha value is -2.77. The van der Waals surface area contributed by atoms with Gasteiger partial charge in [0.2, 0.25) is 0 Å². The number of rotatable bonds is 12. The fraction of sp³-hybridized carbons (Fsp3) is 0.615. The van der Waals surface area contributed by atoms with E-state index < -0.39 is 78.6 Å². The summed E-state index contributed by atoms with van der Waals surface area (Å²) in [6.07, 6.45) is -6.92. The Labute approximate surface area is 145 Å². The summed E-state index contributed by atoms with van der Waals surface area (Å²) in [6, 6.07) is 0. The molecule has 0 aliphatic rings. The van der Waals surface area contributed by atoms with Gasteiger partial charge < -0.3 is 42.1 Å². The maximum absolute atomic E-state index is 11.3. The van der Waals surface area contributed by atoms with Gasteiger partial charge in [-0.25, -0.2) is 0 Å². The van der Waals surface area contributed by atoms with Gasteiger partial charge in [0, 0.05) is 0 Å². The lowest BCUT2D eigenvalue weighted by molar-refractivity contribution is -0.190. The molecule has 0 saturated heterocycles. The van der Waals surface area contributed by atoms with E-state index in [1.807, 2.05) is 0 Å². The minimum atomic E-state index is -3.08. The lowest BCUT2D eigenvalue weighted by Gasteiger charge is -2.52. The van der Waals surface area contributed by atoms with Crippen LogP contribution in [0.25, 0.3) is 0 Å². The molecule has 0 aliphatic heterocycles. The van der Waals surface area contributed by atoms with E-state index in [-0.39, 0.29) is 0 Å². The highest BCUT2D eigenvalue weighted by atomic mass is 16.4. The van der Waals surface area contributed by atoms with Gasteiger partial charge in [0.15, 0.2) is 0 Å². The Morgan fingerprint density at radius 2 is 0.846 bits per heavy atom. The predicted molar refractivity (Wildman–Crippen MR) is 79.8 cm³/mol. The molecular formula is C13H20N2O11. The summed E-state index contributed by atoms with van der Waals surface area (Å²) in [5, 5.41) is 56.0. The molecule has 0 saturated carbocycles. The van der Waals surface area contributed by atoms with Gasteiger partial charge >= 0.3 is 29.8 Å². The van der Waals surface area contributed by atoms with Crippen LogP contribution in [0.2, 0.25) is 0 Å². The second-order valence-electron chi connectivity index (χ2n) is 6.01. The van der Waals surface area contributed by atoms with E-state index in [1.165, 1.54) is 0 Å². The number of hydrogen-bond acceptors (Lipinski definition) is 8. The topological polar surface area (TPSA) is 259 Å². The van der Waals surface area contributed by atoms with Crippen molar-refractivity contribution in [1.82, 2.24) is 0 Å². The molecule has 0 rings (SSSR count). The van der Waals surface area contributed by atoms with Crippen molar-refractivity contribution >= 4 is 29.8 Å². The molecule has 148 valence electrons. The Morgan fingerprint density at radius 3 is 1.08 bits per heavy atom. The molecule has 0 aromatic rings. The molecule has 10 N–H and O–H groups in total. The van der Waals surface area contributed by atoms with E-state index in [0.717, 1.165) is 0 Å². The van der Waals surface area contributed by atoms with Crippen LogP contribution in [0.15, 0.2) is 0 Å². The minimum Gasteiger partial charge on any atom is -0.481 e. The van der Waals surface area contributed by atoms with Crippen molar-refractivity contribution < 1.29 is 54.6 Å². The summed E-state index contributed by atoms with van der Waals surface area (Å²) in [6.45, 7) is 0. The highest BCUT2D eigenvalue weighted by Gasteiger charge is 2.63. The van der Waals surface area contributed by atoms with Crippen molar-refractivity contribution in [2.45, 2.75) is 43.4 Å². The quantitative estimate of drug-likeness (QED) is 0.166. The minimum absolute atomic E-state index is 1.27. The van der Waals surface area contributed by atoms with E-state index in [2.05, 4.69) is 0 Å². The van der Waals surface area contributed by atoms with Crippen LogP contribution in [-0.2, 0) is 24.0 Å². The molecule has 0 unspecified atom stereocenters. The number of carboxylic acid groups (broad SMARTS) is 5. The van der Waals surface area contributed by atoms with Gasteiger partial charge in [-0.1, -0.05) is 0 Å². The first-order valence-corrected chi connectivity index (χ1v) is 6.98. The highest BCUT2D eigenvalue weighted by Crippen LogP contribution is 2.49. The van der Waals surface area contributed by atoms with E-state index in [4.69, 9.17) is 37.0 Å². The number of hydrogen-bond donors (Lipinski definition) is 8. The fourth-order valence-corrected chi connectivity index (χ4v) is 2.99. The molecule has 0 fully saturated rings. The standard InChI is InChI=1S/C13H20N2O11/c14-13(15,5-10(24)25)11(1-6(16)17,2-7(18)19)12(26,3-8(20)21)4-9(22)23/h26H,1-5,14-15H2,(H,16,17)(H,18,19)(H,20,21)(H,22,23)(H,24,25). The monoisotopic (exact) mass is 380 g/mol.